The van der Waals surface area contributed by atoms with Crippen molar-refractivity contribution in [1.82, 2.24) is 0 Å². The fourth-order valence-electron chi connectivity index (χ4n) is 0.149. The first kappa shape index (κ1) is 14.3. The zero-order valence-electron chi connectivity index (χ0n) is 6.93. The van der Waals surface area contributed by atoms with E-state index in [4.69, 9.17) is 31.9 Å². The van der Waals surface area contributed by atoms with E-state index in [0.29, 0.717) is 0 Å². The van der Waals surface area contributed by atoms with E-state index >= 15 is 0 Å². The summed E-state index contributed by atoms with van der Waals surface area (Å²) in [6.07, 6.45) is -1.46. The predicted octanol–water partition coefficient (Wildman–Crippen LogP) is -3.40. The number of hydrogen-bond donors (Lipinski definition) is 6. The number of hydrogen-bond acceptors (Lipinski definition) is 6. The molecule has 0 aliphatic heterocycles. The zero-order chi connectivity index (χ0) is 9.98. The van der Waals surface area contributed by atoms with Gasteiger partial charge in [0.25, 0.3) is 0 Å². The molecule has 0 aromatic heterocycles. The SMILES string of the molecule is NC[C@H](O)CO.NC[C@H](O)CO. The van der Waals surface area contributed by atoms with Gasteiger partial charge >= 0.3 is 0 Å². The fourth-order valence-corrected chi connectivity index (χ4v) is 0.149. The van der Waals surface area contributed by atoms with Crippen LogP contribution in [-0.4, -0.2) is 58.9 Å². The second kappa shape index (κ2) is 10.8. The van der Waals surface area contributed by atoms with Crippen molar-refractivity contribution in [2.45, 2.75) is 12.2 Å². The molecule has 76 valence electrons. The molecule has 0 radical (unpaired) electrons. The highest BCUT2D eigenvalue weighted by Gasteiger charge is 1.93. The second-order valence-electron chi connectivity index (χ2n) is 2.14. The van der Waals surface area contributed by atoms with Crippen molar-refractivity contribution in [2.75, 3.05) is 26.3 Å². The van der Waals surface area contributed by atoms with Crippen LogP contribution in [0.2, 0.25) is 0 Å². The van der Waals surface area contributed by atoms with Gasteiger partial charge in [-0.2, -0.15) is 0 Å². The standard InChI is InChI=1S/2C3H9NO2/c2*4-1-3(6)2-5/h2*3,5-6H,1-2,4H2/t2*3-/m00/s1. The van der Waals surface area contributed by atoms with Crippen molar-refractivity contribution in [3.05, 3.63) is 0 Å². The minimum atomic E-state index is -0.731. The zero-order valence-corrected chi connectivity index (χ0v) is 6.93. The van der Waals surface area contributed by atoms with Gasteiger partial charge in [0.05, 0.1) is 25.4 Å². The topological polar surface area (TPSA) is 133 Å². The maximum absolute atomic E-state index is 8.29. The minimum Gasteiger partial charge on any atom is -0.394 e. The fraction of sp³-hybridized carbons (Fsp3) is 1.00. The first-order valence-electron chi connectivity index (χ1n) is 3.60. The van der Waals surface area contributed by atoms with Gasteiger partial charge in [-0.15, -0.1) is 0 Å². The Morgan fingerprint density at radius 2 is 1.08 bits per heavy atom. The maximum atomic E-state index is 8.29. The van der Waals surface area contributed by atoms with Gasteiger partial charge in [-0.1, -0.05) is 0 Å². The minimum absolute atomic E-state index is 0.135. The molecule has 6 heteroatoms. The monoisotopic (exact) mass is 182 g/mol. The van der Waals surface area contributed by atoms with Gasteiger partial charge in [-0.25, -0.2) is 0 Å². The van der Waals surface area contributed by atoms with E-state index in [9.17, 15) is 0 Å². The van der Waals surface area contributed by atoms with Crippen LogP contribution in [0.5, 0.6) is 0 Å². The lowest BCUT2D eigenvalue weighted by Gasteiger charge is -1.97. The number of rotatable bonds is 4. The quantitative estimate of drug-likeness (QED) is 0.268. The summed E-state index contributed by atoms with van der Waals surface area (Å²) in [5, 5.41) is 32.6. The Morgan fingerprint density at radius 1 is 0.833 bits per heavy atom. The predicted molar refractivity (Wildman–Crippen MR) is 44.3 cm³/mol. The number of aliphatic hydroxyl groups is 4. The summed E-state index contributed by atoms with van der Waals surface area (Å²) in [4.78, 5) is 0. The molecule has 0 heterocycles. The van der Waals surface area contributed by atoms with Crippen LogP contribution in [0.3, 0.4) is 0 Å². The van der Waals surface area contributed by atoms with E-state index < -0.39 is 12.2 Å². The molecule has 0 spiro atoms. The normalized spacial score (nSPS) is 14.5. The summed E-state index contributed by atoms with van der Waals surface area (Å²) >= 11 is 0. The van der Waals surface area contributed by atoms with Crippen LogP contribution in [0, 0.1) is 0 Å². The molecule has 0 fully saturated rings. The van der Waals surface area contributed by atoms with Crippen LogP contribution in [0.4, 0.5) is 0 Å². The van der Waals surface area contributed by atoms with Crippen molar-refractivity contribution in [3.63, 3.8) is 0 Å². The molecule has 0 unspecified atom stereocenters. The lowest BCUT2D eigenvalue weighted by atomic mass is 10.4. The van der Waals surface area contributed by atoms with E-state index in [1.54, 1.807) is 0 Å². The highest BCUT2D eigenvalue weighted by Crippen LogP contribution is 1.69. The lowest BCUT2D eigenvalue weighted by molar-refractivity contribution is 0.102. The summed E-state index contributed by atoms with van der Waals surface area (Å²) in [5.74, 6) is 0. The van der Waals surface area contributed by atoms with Crippen LogP contribution in [0.15, 0.2) is 0 Å². The van der Waals surface area contributed by atoms with Gasteiger partial charge < -0.3 is 31.9 Å². The van der Waals surface area contributed by atoms with Gasteiger partial charge in [-0.3, -0.25) is 0 Å². The Bertz CT molecular complexity index is 65.9. The smallest absolute Gasteiger partial charge is 0.0892 e. The summed E-state index contributed by atoms with van der Waals surface area (Å²) in [7, 11) is 0. The Hall–Kier alpha value is -0.240. The molecule has 0 aromatic rings. The van der Waals surface area contributed by atoms with E-state index in [1.807, 2.05) is 0 Å². The average molecular weight is 182 g/mol. The first-order valence-corrected chi connectivity index (χ1v) is 3.60. The molecule has 0 aromatic carbocycles. The lowest BCUT2D eigenvalue weighted by Crippen LogP contribution is -2.22. The highest BCUT2D eigenvalue weighted by molar-refractivity contribution is 4.48. The third kappa shape index (κ3) is 12.4. The van der Waals surface area contributed by atoms with Crippen LogP contribution < -0.4 is 11.5 Å². The summed E-state index contributed by atoms with van der Waals surface area (Å²) < 4.78 is 0. The molecule has 12 heavy (non-hydrogen) atoms. The van der Waals surface area contributed by atoms with Gasteiger partial charge in [-0.05, 0) is 0 Å². The van der Waals surface area contributed by atoms with E-state index in [0.717, 1.165) is 0 Å². The van der Waals surface area contributed by atoms with Gasteiger partial charge in [0.1, 0.15) is 0 Å². The summed E-state index contributed by atoms with van der Waals surface area (Å²) in [6, 6.07) is 0. The van der Waals surface area contributed by atoms with Crippen LogP contribution in [0.25, 0.3) is 0 Å². The van der Waals surface area contributed by atoms with Crippen LogP contribution >= 0.6 is 0 Å². The molecule has 0 saturated heterocycles. The molecular weight excluding hydrogens is 164 g/mol. The van der Waals surface area contributed by atoms with Gasteiger partial charge in [0.15, 0.2) is 0 Å². The van der Waals surface area contributed by atoms with Crippen molar-refractivity contribution in [2.24, 2.45) is 11.5 Å². The van der Waals surface area contributed by atoms with E-state index in [-0.39, 0.29) is 26.3 Å². The van der Waals surface area contributed by atoms with Gasteiger partial charge in [0, 0.05) is 13.1 Å². The molecule has 0 rings (SSSR count). The third-order valence-corrected chi connectivity index (χ3v) is 0.966. The molecule has 0 amide bonds. The van der Waals surface area contributed by atoms with Crippen LogP contribution in [0.1, 0.15) is 0 Å². The molecular formula is C6H18N2O4. The first-order chi connectivity index (χ1) is 5.62. The van der Waals surface area contributed by atoms with Crippen LogP contribution in [-0.2, 0) is 0 Å². The third-order valence-electron chi connectivity index (χ3n) is 0.966. The Balaban J connectivity index is 0. The summed E-state index contributed by atoms with van der Waals surface area (Å²) in [5.41, 5.74) is 9.75. The van der Waals surface area contributed by atoms with E-state index in [2.05, 4.69) is 0 Å². The summed E-state index contributed by atoms with van der Waals surface area (Å²) in [6.45, 7) is -0.208. The van der Waals surface area contributed by atoms with Crippen molar-refractivity contribution >= 4 is 0 Å². The average Bonchev–Trinajstić information content (AvgIpc) is 2.16. The van der Waals surface area contributed by atoms with Crippen molar-refractivity contribution in [1.29, 1.82) is 0 Å². The maximum Gasteiger partial charge on any atom is 0.0892 e. The molecule has 8 N–H and O–H groups in total. The molecule has 0 aliphatic rings. The van der Waals surface area contributed by atoms with Gasteiger partial charge in [0.2, 0.25) is 0 Å². The molecule has 6 nitrogen and oxygen atoms in total. The van der Waals surface area contributed by atoms with E-state index in [1.165, 1.54) is 0 Å². The molecule has 0 aliphatic carbocycles. The molecule has 0 bridgehead atoms. The van der Waals surface area contributed by atoms with Crippen molar-refractivity contribution < 1.29 is 20.4 Å². The number of nitrogens with two attached hydrogens (primary N) is 2. The largest absolute Gasteiger partial charge is 0.394 e. The highest BCUT2D eigenvalue weighted by atomic mass is 16.3. The second-order valence-corrected chi connectivity index (χ2v) is 2.14. The molecule has 0 saturated carbocycles. The Morgan fingerprint density at radius 3 is 1.08 bits per heavy atom. The Kier molecular flexibility index (Phi) is 12.8. The number of aliphatic hydroxyl groups excluding tert-OH is 4. The molecule has 2 atom stereocenters. The Labute approximate surface area is 71.4 Å². The van der Waals surface area contributed by atoms with Crippen molar-refractivity contribution in [3.8, 4) is 0 Å².